The molecule has 4 rings (SSSR count). The van der Waals surface area contributed by atoms with Crippen molar-refractivity contribution in [3.05, 3.63) is 66.9 Å². The third kappa shape index (κ3) is 4.19. The standard InChI is InChI=1S/C23H26N2O4S/c26-18-23(13-17-29-20-8-2-1-3-9-20)11-15-25(16-12-23)30(27,28)21-10-4-6-19-7-5-14-24-22(19)21/h1-10,14,26H,11-13,15-18H2. The van der Waals surface area contributed by atoms with Crippen LogP contribution in [0.15, 0.2) is 71.8 Å². The molecule has 0 saturated carbocycles. The Bertz CT molecular complexity index is 1090. The first-order chi connectivity index (χ1) is 14.5. The van der Waals surface area contributed by atoms with Gasteiger partial charge in [0, 0.05) is 31.3 Å². The van der Waals surface area contributed by atoms with Gasteiger partial charge in [0.05, 0.1) is 12.1 Å². The fraction of sp³-hybridized carbons (Fsp3) is 0.348. The molecule has 2 aromatic carbocycles. The number of hydrogen-bond donors (Lipinski definition) is 1. The molecule has 1 aliphatic rings. The van der Waals surface area contributed by atoms with Crippen LogP contribution in [-0.4, -0.2) is 49.1 Å². The molecule has 1 fully saturated rings. The van der Waals surface area contributed by atoms with E-state index in [2.05, 4.69) is 4.98 Å². The molecule has 3 aromatic rings. The van der Waals surface area contributed by atoms with Crippen LogP contribution in [0.5, 0.6) is 5.75 Å². The Morgan fingerprint density at radius 3 is 2.47 bits per heavy atom. The fourth-order valence-corrected chi connectivity index (χ4v) is 5.62. The quantitative estimate of drug-likeness (QED) is 0.626. The van der Waals surface area contributed by atoms with Gasteiger partial charge >= 0.3 is 0 Å². The molecule has 2 heterocycles. The zero-order valence-electron chi connectivity index (χ0n) is 16.8. The topological polar surface area (TPSA) is 79.7 Å². The molecule has 7 heteroatoms. The lowest BCUT2D eigenvalue weighted by molar-refractivity contribution is 0.0471. The first-order valence-electron chi connectivity index (χ1n) is 10.2. The van der Waals surface area contributed by atoms with Crippen molar-refractivity contribution < 1.29 is 18.3 Å². The minimum atomic E-state index is -3.65. The number of ether oxygens (including phenoxy) is 1. The normalized spacial score (nSPS) is 17.1. The molecule has 158 valence electrons. The van der Waals surface area contributed by atoms with Gasteiger partial charge in [0.2, 0.25) is 10.0 Å². The highest BCUT2D eigenvalue weighted by Gasteiger charge is 2.38. The lowest BCUT2D eigenvalue weighted by atomic mass is 9.77. The molecule has 0 amide bonds. The molecule has 0 aliphatic carbocycles. The Kier molecular flexibility index (Phi) is 6.04. The van der Waals surface area contributed by atoms with Crippen LogP contribution in [0.2, 0.25) is 0 Å². The SMILES string of the molecule is O=S(=O)(c1cccc2cccnc12)N1CCC(CO)(CCOc2ccccc2)CC1. The van der Waals surface area contributed by atoms with Gasteiger partial charge in [-0.3, -0.25) is 4.98 Å². The summed E-state index contributed by atoms with van der Waals surface area (Å²) in [6.07, 6.45) is 3.49. The number of aliphatic hydroxyl groups is 1. The number of aliphatic hydroxyl groups excluding tert-OH is 1. The summed E-state index contributed by atoms with van der Waals surface area (Å²) in [6, 6.07) is 18.5. The van der Waals surface area contributed by atoms with Gasteiger partial charge in [-0.1, -0.05) is 36.4 Å². The Morgan fingerprint density at radius 2 is 1.73 bits per heavy atom. The fourth-order valence-electron chi connectivity index (χ4n) is 4.01. The number of aromatic nitrogens is 1. The summed E-state index contributed by atoms with van der Waals surface area (Å²) in [5.41, 5.74) is 0.174. The molecule has 0 bridgehead atoms. The van der Waals surface area contributed by atoms with Crippen molar-refractivity contribution in [2.75, 3.05) is 26.3 Å². The van der Waals surface area contributed by atoms with Crippen LogP contribution in [0.3, 0.4) is 0 Å². The lowest BCUT2D eigenvalue weighted by Crippen LogP contribution is -2.45. The van der Waals surface area contributed by atoms with Crippen molar-refractivity contribution in [1.29, 1.82) is 0 Å². The third-order valence-electron chi connectivity index (χ3n) is 5.98. The van der Waals surface area contributed by atoms with Gasteiger partial charge in [-0.15, -0.1) is 0 Å². The average Bonchev–Trinajstić information content (AvgIpc) is 2.79. The number of fused-ring (bicyclic) bond motifs is 1. The van der Waals surface area contributed by atoms with Gasteiger partial charge < -0.3 is 9.84 Å². The van der Waals surface area contributed by atoms with Crippen LogP contribution < -0.4 is 4.74 Å². The number of nitrogens with zero attached hydrogens (tertiary/aromatic N) is 2. The Hall–Kier alpha value is -2.48. The molecule has 1 N–H and O–H groups in total. The summed E-state index contributed by atoms with van der Waals surface area (Å²) >= 11 is 0. The van der Waals surface area contributed by atoms with E-state index in [1.54, 1.807) is 24.4 Å². The average molecular weight is 427 g/mol. The van der Waals surface area contributed by atoms with Crippen LogP contribution in [0, 0.1) is 5.41 Å². The molecule has 0 unspecified atom stereocenters. The monoisotopic (exact) mass is 426 g/mol. The smallest absolute Gasteiger partial charge is 0.245 e. The molecule has 0 atom stereocenters. The summed E-state index contributed by atoms with van der Waals surface area (Å²) in [5.74, 6) is 0.800. The van der Waals surface area contributed by atoms with Gasteiger partial charge in [0.15, 0.2) is 0 Å². The van der Waals surface area contributed by atoms with Crippen molar-refractivity contribution in [2.24, 2.45) is 5.41 Å². The molecule has 6 nitrogen and oxygen atoms in total. The van der Waals surface area contributed by atoms with Crippen LogP contribution in [0.25, 0.3) is 10.9 Å². The van der Waals surface area contributed by atoms with E-state index in [9.17, 15) is 13.5 Å². The maximum absolute atomic E-state index is 13.3. The van der Waals surface area contributed by atoms with Crippen molar-refractivity contribution in [2.45, 2.75) is 24.2 Å². The molecule has 1 saturated heterocycles. The predicted octanol–water partition coefficient (Wildman–Crippen LogP) is 3.47. The maximum Gasteiger partial charge on any atom is 0.245 e. The van der Waals surface area contributed by atoms with E-state index in [0.29, 0.717) is 44.5 Å². The molecule has 1 aliphatic heterocycles. The Morgan fingerprint density at radius 1 is 1.00 bits per heavy atom. The first-order valence-corrected chi connectivity index (χ1v) is 11.6. The van der Waals surface area contributed by atoms with E-state index in [1.165, 1.54) is 4.31 Å². The van der Waals surface area contributed by atoms with E-state index in [-0.39, 0.29) is 16.9 Å². The number of sulfonamides is 1. The number of rotatable bonds is 7. The second kappa shape index (κ2) is 8.71. The molecular weight excluding hydrogens is 400 g/mol. The van der Waals surface area contributed by atoms with Gasteiger partial charge in [-0.05, 0) is 48.9 Å². The van der Waals surface area contributed by atoms with Crippen LogP contribution in [0.1, 0.15) is 19.3 Å². The van der Waals surface area contributed by atoms with E-state index in [1.807, 2.05) is 42.5 Å². The predicted molar refractivity (Wildman–Crippen MR) is 116 cm³/mol. The number of piperidine rings is 1. The van der Waals surface area contributed by atoms with Crippen LogP contribution >= 0.6 is 0 Å². The highest BCUT2D eigenvalue weighted by atomic mass is 32.2. The summed E-state index contributed by atoms with van der Waals surface area (Å²) < 4.78 is 33.9. The molecule has 0 radical (unpaired) electrons. The summed E-state index contributed by atoms with van der Waals surface area (Å²) in [6.45, 7) is 1.26. The Labute approximate surface area is 177 Å². The summed E-state index contributed by atoms with van der Waals surface area (Å²) in [4.78, 5) is 4.53. The molecule has 30 heavy (non-hydrogen) atoms. The number of benzene rings is 2. The maximum atomic E-state index is 13.3. The van der Waals surface area contributed by atoms with Gasteiger partial charge in [0.1, 0.15) is 10.6 Å². The molecular formula is C23H26N2O4S. The zero-order chi connectivity index (χ0) is 21.0. The zero-order valence-corrected chi connectivity index (χ0v) is 17.6. The largest absolute Gasteiger partial charge is 0.494 e. The van der Waals surface area contributed by atoms with Gasteiger partial charge in [-0.25, -0.2) is 8.42 Å². The highest BCUT2D eigenvalue weighted by Crippen LogP contribution is 2.37. The van der Waals surface area contributed by atoms with E-state index in [0.717, 1.165) is 11.1 Å². The number of para-hydroxylation sites is 2. The number of pyridine rings is 1. The number of hydrogen-bond acceptors (Lipinski definition) is 5. The van der Waals surface area contributed by atoms with E-state index < -0.39 is 10.0 Å². The highest BCUT2D eigenvalue weighted by molar-refractivity contribution is 7.89. The second-order valence-electron chi connectivity index (χ2n) is 7.80. The minimum Gasteiger partial charge on any atom is -0.494 e. The van der Waals surface area contributed by atoms with Gasteiger partial charge in [-0.2, -0.15) is 4.31 Å². The van der Waals surface area contributed by atoms with Crippen molar-refractivity contribution >= 4 is 20.9 Å². The van der Waals surface area contributed by atoms with Crippen molar-refractivity contribution in [3.8, 4) is 5.75 Å². The van der Waals surface area contributed by atoms with Crippen LogP contribution in [-0.2, 0) is 10.0 Å². The van der Waals surface area contributed by atoms with E-state index in [4.69, 9.17) is 4.74 Å². The molecule has 0 spiro atoms. The second-order valence-corrected chi connectivity index (χ2v) is 9.71. The summed E-state index contributed by atoms with van der Waals surface area (Å²) in [5, 5.41) is 10.9. The molecule has 1 aromatic heterocycles. The minimum absolute atomic E-state index is 0.0227. The first kappa shape index (κ1) is 20.8. The summed E-state index contributed by atoms with van der Waals surface area (Å²) in [7, 11) is -3.65. The van der Waals surface area contributed by atoms with E-state index >= 15 is 0 Å². The van der Waals surface area contributed by atoms with Crippen molar-refractivity contribution in [3.63, 3.8) is 0 Å². The van der Waals surface area contributed by atoms with Crippen LogP contribution in [0.4, 0.5) is 0 Å². The lowest BCUT2D eigenvalue weighted by Gasteiger charge is -2.40. The van der Waals surface area contributed by atoms with Crippen molar-refractivity contribution in [1.82, 2.24) is 9.29 Å². The third-order valence-corrected chi connectivity index (χ3v) is 7.91. The Balaban J connectivity index is 1.44. The van der Waals surface area contributed by atoms with Gasteiger partial charge in [0.25, 0.3) is 0 Å².